The first-order valence-electron chi connectivity index (χ1n) is 7.76. The molecular formula is C16H23ClN4O3. The third-order valence-electron chi connectivity index (χ3n) is 3.67. The van der Waals surface area contributed by atoms with Crippen LogP contribution in [0.15, 0.2) is 24.3 Å². The third kappa shape index (κ3) is 5.82. The number of benzene rings is 1. The monoisotopic (exact) mass is 354 g/mol. The van der Waals surface area contributed by atoms with Crippen molar-refractivity contribution in [1.29, 1.82) is 0 Å². The van der Waals surface area contributed by atoms with Gasteiger partial charge in [0.05, 0.1) is 13.1 Å². The second-order valence-electron chi connectivity index (χ2n) is 5.46. The summed E-state index contributed by atoms with van der Waals surface area (Å²) < 4.78 is 0. The maximum absolute atomic E-state index is 12.4. The van der Waals surface area contributed by atoms with E-state index in [2.05, 4.69) is 10.6 Å². The van der Waals surface area contributed by atoms with Crippen LogP contribution in [-0.4, -0.2) is 48.8 Å². The van der Waals surface area contributed by atoms with Crippen LogP contribution in [0.5, 0.6) is 0 Å². The van der Waals surface area contributed by atoms with Gasteiger partial charge in [0, 0.05) is 24.3 Å². The fourth-order valence-electron chi connectivity index (χ4n) is 2.47. The summed E-state index contributed by atoms with van der Waals surface area (Å²) in [5.41, 5.74) is 6.23. The highest BCUT2D eigenvalue weighted by Gasteiger charge is 2.18. The molecular weight excluding hydrogens is 332 g/mol. The van der Waals surface area contributed by atoms with E-state index in [1.54, 1.807) is 24.3 Å². The molecule has 0 aromatic heterocycles. The Morgan fingerprint density at radius 3 is 2.46 bits per heavy atom. The highest BCUT2D eigenvalue weighted by atomic mass is 35.5. The molecule has 0 unspecified atom stereocenters. The molecule has 4 N–H and O–H groups in total. The molecule has 0 aliphatic carbocycles. The summed E-state index contributed by atoms with van der Waals surface area (Å²) in [6.45, 7) is 1.24. The predicted molar refractivity (Wildman–Crippen MR) is 94.1 cm³/mol. The Hall–Kier alpha value is -2.12. The topological polar surface area (TPSA) is 105 Å². The van der Waals surface area contributed by atoms with Crippen molar-refractivity contribution in [3.8, 4) is 0 Å². The molecule has 1 aliphatic heterocycles. The van der Waals surface area contributed by atoms with Crippen LogP contribution in [0.3, 0.4) is 0 Å². The van der Waals surface area contributed by atoms with Crippen LogP contribution >= 0.6 is 12.4 Å². The Morgan fingerprint density at radius 1 is 1.08 bits per heavy atom. The second kappa shape index (κ2) is 9.89. The number of nitrogens with two attached hydrogens (primary N) is 1. The summed E-state index contributed by atoms with van der Waals surface area (Å²) in [5.74, 6) is -0.777. The molecule has 0 atom stereocenters. The summed E-state index contributed by atoms with van der Waals surface area (Å²) in [4.78, 5) is 37.0. The smallest absolute Gasteiger partial charge is 0.253 e. The lowest BCUT2D eigenvalue weighted by atomic mass is 10.1. The Morgan fingerprint density at radius 2 is 1.79 bits per heavy atom. The van der Waals surface area contributed by atoms with E-state index in [4.69, 9.17) is 5.73 Å². The van der Waals surface area contributed by atoms with Crippen molar-refractivity contribution >= 4 is 35.8 Å². The predicted octanol–water partition coefficient (Wildman–Crippen LogP) is 0.748. The Labute approximate surface area is 147 Å². The zero-order valence-corrected chi connectivity index (χ0v) is 14.2. The fourth-order valence-corrected chi connectivity index (χ4v) is 2.47. The van der Waals surface area contributed by atoms with E-state index in [1.807, 2.05) is 4.90 Å². The number of carbonyl (C=O) groups excluding carboxylic acids is 3. The van der Waals surface area contributed by atoms with E-state index in [1.165, 1.54) is 0 Å². The number of nitrogens with zero attached hydrogens (tertiary/aromatic N) is 1. The average molecular weight is 355 g/mol. The van der Waals surface area contributed by atoms with E-state index < -0.39 is 5.91 Å². The number of hydrogen-bond acceptors (Lipinski definition) is 4. The maximum Gasteiger partial charge on any atom is 0.253 e. The minimum absolute atomic E-state index is 0. The van der Waals surface area contributed by atoms with Crippen LogP contribution in [0.2, 0.25) is 0 Å². The SMILES string of the molecule is Cl.NCC(=O)NCC(=O)Nc1cccc(C(=O)N2CCCCC2)c1. The summed E-state index contributed by atoms with van der Waals surface area (Å²) in [6.07, 6.45) is 3.22. The van der Waals surface area contributed by atoms with E-state index in [-0.39, 0.29) is 37.3 Å². The van der Waals surface area contributed by atoms with Gasteiger partial charge < -0.3 is 21.3 Å². The van der Waals surface area contributed by atoms with E-state index >= 15 is 0 Å². The van der Waals surface area contributed by atoms with Crippen molar-refractivity contribution < 1.29 is 14.4 Å². The van der Waals surface area contributed by atoms with Crippen LogP contribution in [-0.2, 0) is 9.59 Å². The highest BCUT2D eigenvalue weighted by Crippen LogP contribution is 2.16. The molecule has 0 bridgehead atoms. The Kier molecular flexibility index (Phi) is 8.21. The number of rotatable bonds is 5. The van der Waals surface area contributed by atoms with Crippen molar-refractivity contribution in [2.75, 3.05) is 31.5 Å². The molecule has 2 rings (SSSR count). The zero-order valence-electron chi connectivity index (χ0n) is 13.4. The van der Waals surface area contributed by atoms with Crippen molar-refractivity contribution in [1.82, 2.24) is 10.2 Å². The number of carbonyl (C=O) groups is 3. The van der Waals surface area contributed by atoms with Gasteiger partial charge in [-0.15, -0.1) is 12.4 Å². The van der Waals surface area contributed by atoms with Crippen molar-refractivity contribution in [2.45, 2.75) is 19.3 Å². The van der Waals surface area contributed by atoms with Gasteiger partial charge >= 0.3 is 0 Å². The number of hydrogen-bond donors (Lipinski definition) is 3. The molecule has 1 heterocycles. The lowest BCUT2D eigenvalue weighted by Gasteiger charge is -2.26. The van der Waals surface area contributed by atoms with Gasteiger partial charge in [0.1, 0.15) is 0 Å². The first-order chi connectivity index (χ1) is 11.1. The van der Waals surface area contributed by atoms with Crippen LogP contribution in [0.1, 0.15) is 29.6 Å². The van der Waals surface area contributed by atoms with E-state index in [0.29, 0.717) is 11.3 Å². The zero-order chi connectivity index (χ0) is 16.7. The molecule has 8 heteroatoms. The van der Waals surface area contributed by atoms with Crippen molar-refractivity contribution in [2.24, 2.45) is 5.73 Å². The van der Waals surface area contributed by atoms with Gasteiger partial charge in [0.25, 0.3) is 5.91 Å². The summed E-state index contributed by atoms with van der Waals surface area (Å²) in [5, 5.41) is 5.04. The highest BCUT2D eigenvalue weighted by molar-refractivity contribution is 5.98. The molecule has 1 aromatic carbocycles. The molecule has 1 aromatic rings. The number of nitrogens with one attached hydrogen (secondary N) is 2. The average Bonchev–Trinajstić information content (AvgIpc) is 2.60. The number of halogens is 1. The number of anilines is 1. The number of amides is 3. The van der Waals surface area contributed by atoms with E-state index in [9.17, 15) is 14.4 Å². The molecule has 0 saturated carbocycles. The third-order valence-corrected chi connectivity index (χ3v) is 3.67. The lowest BCUT2D eigenvalue weighted by molar-refractivity contribution is -0.123. The minimum atomic E-state index is -0.394. The quantitative estimate of drug-likeness (QED) is 0.725. The molecule has 3 amide bonds. The lowest BCUT2D eigenvalue weighted by Crippen LogP contribution is -2.36. The van der Waals surface area contributed by atoms with Crippen LogP contribution < -0.4 is 16.4 Å². The molecule has 0 spiro atoms. The largest absolute Gasteiger partial charge is 0.346 e. The molecule has 1 aliphatic rings. The van der Waals surface area contributed by atoms with Gasteiger partial charge in [-0.3, -0.25) is 14.4 Å². The molecule has 0 radical (unpaired) electrons. The molecule has 7 nitrogen and oxygen atoms in total. The van der Waals surface area contributed by atoms with E-state index in [0.717, 1.165) is 32.4 Å². The van der Waals surface area contributed by atoms with Crippen molar-refractivity contribution in [3.05, 3.63) is 29.8 Å². The first-order valence-corrected chi connectivity index (χ1v) is 7.76. The van der Waals surface area contributed by atoms with Crippen LogP contribution in [0, 0.1) is 0 Å². The molecule has 132 valence electrons. The molecule has 1 saturated heterocycles. The second-order valence-corrected chi connectivity index (χ2v) is 5.46. The number of likely N-dealkylation sites (tertiary alicyclic amines) is 1. The standard InChI is InChI=1S/C16H22N4O3.ClH/c17-10-14(21)18-11-15(22)19-13-6-4-5-12(9-13)16(23)20-7-2-1-3-8-20;/h4-6,9H,1-3,7-8,10-11,17H2,(H,18,21)(H,19,22);1H. The minimum Gasteiger partial charge on any atom is -0.346 e. The summed E-state index contributed by atoms with van der Waals surface area (Å²) in [6, 6.07) is 6.82. The van der Waals surface area contributed by atoms with Gasteiger partial charge in [-0.25, -0.2) is 0 Å². The summed E-state index contributed by atoms with van der Waals surface area (Å²) >= 11 is 0. The number of piperidine rings is 1. The first kappa shape index (κ1) is 19.9. The summed E-state index contributed by atoms with van der Waals surface area (Å²) in [7, 11) is 0. The fraction of sp³-hybridized carbons (Fsp3) is 0.438. The Balaban J connectivity index is 0.00000288. The maximum atomic E-state index is 12.4. The van der Waals surface area contributed by atoms with Gasteiger partial charge in [0.2, 0.25) is 11.8 Å². The van der Waals surface area contributed by atoms with Crippen LogP contribution in [0.25, 0.3) is 0 Å². The Bertz CT molecular complexity index is 588. The molecule has 24 heavy (non-hydrogen) atoms. The van der Waals surface area contributed by atoms with Crippen molar-refractivity contribution in [3.63, 3.8) is 0 Å². The van der Waals surface area contributed by atoms with Gasteiger partial charge in [-0.1, -0.05) is 6.07 Å². The van der Waals surface area contributed by atoms with Gasteiger partial charge in [-0.2, -0.15) is 0 Å². The van der Waals surface area contributed by atoms with Crippen LogP contribution in [0.4, 0.5) is 5.69 Å². The van der Waals surface area contributed by atoms with Gasteiger partial charge in [0.15, 0.2) is 0 Å². The molecule has 1 fully saturated rings. The normalized spacial score (nSPS) is 13.6. The van der Waals surface area contributed by atoms with Gasteiger partial charge in [-0.05, 0) is 37.5 Å².